The third-order valence-electron chi connectivity index (χ3n) is 2.09. The minimum atomic E-state index is 0. The molecule has 4 heteroatoms. The summed E-state index contributed by atoms with van der Waals surface area (Å²) in [4.78, 5) is 6.60. The second-order valence-electron chi connectivity index (χ2n) is 2.92. The van der Waals surface area contributed by atoms with Crippen LogP contribution in [0.5, 0.6) is 0 Å². The number of pyridine rings is 1. The van der Waals surface area contributed by atoms with Crippen molar-refractivity contribution in [3.8, 4) is 0 Å². The lowest BCUT2D eigenvalue weighted by Gasteiger charge is -2.28. The van der Waals surface area contributed by atoms with E-state index in [9.17, 15) is 0 Å². The first-order valence-electron chi connectivity index (χ1n) is 4.33. The number of rotatable bonds is 1. The van der Waals surface area contributed by atoms with Crippen LogP contribution in [0.1, 0.15) is 0 Å². The van der Waals surface area contributed by atoms with Gasteiger partial charge < -0.3 is 16.4 Å². The number of anilines is 1. The Morgan fingerprint density at radius 3 is 2.62 bits per heavy atom. The summed E-state index contributed by atoms with van der Waals surface area (Å²) < 4.78 is 0. The second-order valence-corrected chi connectivity index (χ2v) is 2.92. The molecule has 1 aromatic heterocycles. The number of aromatic nitrogens is 1. The van der Waals surface area contributed by atoms with E-state index >= 15 is 0 Å². The molecule has 0 unspecified atom stereocenters. The van der Waals surface area contributed by atoms with Crippen LogP contribution in [0.3, 0.4) is 0 Å². The van der Waals surface area contributed by atoms with Gasteiger partial charge in [-0.1, -0.05) is 6.07 Å². The fraction of sp³-hybridized carbons (Fsp3) is 0.444. The Bertz CT molecular complexity index is 231. The van der Waals surface area contributed by atoms with Gasteiger partial charge in [0.2, 0.25) is 0 Å². The fourth-order valence-electron chi connectivity index (χ4n) is 1.43. The third-order valence-corrected chi connectivity index (χ3v) is 2.09. The minimum Gasteiger partial charge on any atom is -0.354 e. The molecule has 0 bridgehead atoms. The van der Waals surface area contributed by atoms with Crippen LogP contribution in [0.2, 0.25) is 0 Å². The van der Waals surface area contributed by atoms with Crippen LogP contribution in [0.4, 0.5) is 5.82 Å². The predicted molar refractivity (Wildman–Crippen MR) is 54.3 cm³/mol. The van der Waals surface area contributed by atoms with Gasteiger partial charge in [-0.15, -0.1) is 0 Å². The van der Waals surface area contributed by atoms with Crippen molar-refractivity contribution in [1.82, 2.24) is 16.5 Å². The van der Waals surface area contributed by atoms with Crippen LogP contribution in [0, 0.1) is 0 Å². The Morgan fingerprint density at radius 1 is 1.23 bits per heavy atom. The summed E-state index contributed by atoms with van der Waals surface area (Å²) in [5, 5.41) is 3.32. The quantitative estimate of drug-likeness (QED) is 0.666. The molecule has 13 heavy (non-hydrogen) atoms. The summed E-state index contributed by atoms with van der Waals surface area (Å²) in [5.41, 5.74) is 0. The van der Waals surface area contributed by atoms with Gasteiger partial charge in [-0.25, -0.2) is 4.98 Å². The molecule has 0 amide bonds. The molecule has 1 saturated heterocycles. The van der Waals surface area contributed by atoms with Crippen LogP contribution in [0.15, 0.2) is 24.4 Å². The van der Waals surface area contributed by atoms with Crippen LogP contribution in [-0.2, 0) is 0 Å². The summed E-state index contributed by atoms with van der Waals surface area (Å²) >= 11 is 0. The van der Waals surface area contributed by atoms with E-state index < -0.39 is 0 Å². The molecule has 72 valence electrons. The summed E-state index contributed by atoms with van der Waals surface area (Å²) in [6.45, 7) is 4.27. The minimum absolute atomic E-state index is 0. The van der Waals surface area contributed by atoms with Crippen LogP contribution >= 0.6 is 0 Å². The molecule has 1 aliphatic rings. The van der Waals surface area contributed by atoms with Gasteiger partial charge in [0.1, 0.15) is 5.82 Å². The number of nitrogens with zero attached hydrogens (tertiary/aromatic N) is 2. The Hall–Kier alpha value is -1.13. The largest absolute Gasteiger partial charge is 0.354 e. The average Bonchev–Trinajstić information content (AvgIpc) is 2.21. The highest BCUT2D eigenvalue weighted by Gasteiger charge is 2.09. The van der Waals surface area contributed by atoms with Gasteiger partial charge in [0.05, 0.1) is 0 Å². The van der Waals surface area contributed by atoms with Crippen LogP contribution < -0.4 is 16.4 Å². The highest BCUT2D eigenvalue weighted by atomic mass is 15.2. The van der Waals surface area contributed by atoms with E-state index in [1.54, 1.807) is 0 Å². The third kappa shape index (κ3) is 2.40. The normalized spacial score (nSPS) is 16.5. The first-order valence-corrected chi connectivity index (χ1v) is 4.33. The van der Waals surface area contributed by atoms with E-state index in [1.807, 2.05) is 18.3 Å². The molecule has 2 heterocycles. The Morgan fingerprint density at radius 2 is 2.00 bits per heavy atom. The zero-order valence-corrected chi connectivity index (χ0v) is 7.74. The van der Waals surface area contributed by atoms with Crippen LogP contribution in [0.25, 0.3) is 0 Å². The standard InChI is InChI=1S/C9H13N3.H3N/c1-2-4-11-9(3-1)12-7-5-10-6-8-12;/h1-4,10H,5-8H2;1H3. The SMILES string of the molecule is N.c1ccc(N2CCNCC2)nc1. The maximum absolute atomic E-state index is 4.30. The van der Waals surface area contributed by atoms with Gasteiger partial charge in [-0.05, 0) is 12.1 Å². The van der Waals surface area contributed by atoms with Crippen molar-refractivity contribution in [3.05, 3.63) is 24.4 Å². The van der Waals surface area contributed by atoms with Gasteiger partial charge in [-0.3, -0.25) is 0 Å². The zero-order chi connectivity index (χ0) is 8.23. The lowest BCUT2D eigenvalue weighted by atomic mass is 10.3. The molecule has 0 spiro atoms. The molecule has 1 aliphatic heterocycles. The Balaban J connectivity index is 0.000000845. The highest BCUT2D eigenvalue weighted by molar-refractivity contribution is 5.38. The van der Waals surface area contributed by atoms with Crippen molar-refractivity contribution in [1.29, 1.82) is 0 Å². The van der Waals surface area contributed by atoms with Crippen molar-refractivity contribution in [3.63, 3.8) is 0 Å². The number of piperazine rings is 1. The van der Waals surface area contributed by atoms with E-state index in [2.05, 4.69) is 21.3 Å². The van der Waals surface area contributed by atoms with Gasteiger partial charge in [-0.2, -0.15) is 0 Å². The molecule has 0 atom stereocenters. The maximum Gasteiger partial charge on any atom is 0.128 e. The van der Waals surface area contributed by atoms with Crippen molar-refractivity contribution in [2.45, 2.75) is 0 Å². The summed E-state index contributed by atoms with van der Waals surface area (Å²) in [6.07, 6.45) is 1.84. The van der Waals surface area contributed by atoms with Crippen molar-refractivity contribution < 1.29 is 0 Å². The van der Waals surface area contributed by atoms with E-state index in [0.717, 1.165) is 32.0 Å². The van der Waals surface area contributed by atoms with Gasteiger partial charge >= 0.3 is 0 Å². The topological polar surface area (TPSA) is 63.2 Å². The van der Waals surface area contributed by atoms with Crippen molar-refractivity contribution >= 4 is 5.82 Å². The molecule has 2 rings (SSSR count). The number of hydrogen-bond acceptors (Lipinski definition) is 4. The van der Waals surface area contributed by atoms with Crippen LogP contribution in [-0.4, -0.2) is 31.2 Å². The van der Waals surface area contributed by atoms with Gasteiger partial charge in [0.15, 0.2) is 0 Å². The first kappa shape index (κ1) is 9.95. The van der Waals surface area contributed by atoms with E-state index in [0.29, 0.717) is 0 Å². The molecule has 4 N–H and O–H groups in total. The first-order chi connectivity index (χ1) is 5.97. The van der Waals surface area contributed by atoms with Crippen molar-refractivity contribution in [2.24, 2.45) is 0 Å². The molecular weight excluding hydrogens is 164 g/mol. The molecule has 0 radical (unpaired) electrons. The monoisotopic (exact) mass is 180 g/mol. The fourth-order valence-corrected chi connectivity index (χ4v) is 1.43. The Kier molecular flexibility index (Phi) is 3.67. The smallest absolute Gasteiger partial charge is 0.128 e. The zero-order valence-electron chi connectivity index (χ0n) is 7.74. The lowest BCUT2D eigenvalue weighted by Crippen LogP contribution is -2.43. The summed E-state index contributed by atoms with van der Waals surface area (Å²) in [7, 11) is 0. The van der Waals surface area contributed by atoms with Gasteiger partial charge in [0.25, 0.3) is 0 Å². The molecule has 0 aliphatic carbocycles. The predicted octanol–water partition coefficient (Wildman–Crippen LogP) is 0.653. The van der Waals surface area contributed by atoms with Gasteiger partial charge in [0, 0.05) is 32.4 Å². The molecule has 1 fully saturated rings. The molecular formula is C9H16N4. The van der Waals surface area contributed by atoms with E-state index in [4.69, 9.17) is 0 Å². The highest BCUT2D eigenvalue weighted by Crippen LogP contribution is 2.08. The molecule has 0 saturated carbocycles. The Labute approximate surface area is 78.6 Å². The number of nitrogens with one attached hydrogen (secondary N) is 1. The van der Waals surface area contributed by atoms with Crippen molar-refractivity contribution in [2.75, 3.05) is 31.1 Å². The summed E-state index contributed by atoms with van der Waals surface area (Å²) in [6, 6.07) is 6.04. The number of hydrogen-bond donors (Lipinski definition) is 2. The lowest BCUT2D eigenvalue weighted by molar-refractivity contribution is 0.585. The maximum atomic E-state index is 4.30. The van der Waals surface area contributed by atoms with E-state index in [-0.39, 0.29) is 6.15 Å². The van der Waals surface area contributed by atoms with E-state index in [1.165, 1.54) is 0 Å². The molecule has 0 aromatic carbocycles. The molecule has 1 aromatic rings. The average molecular weight is 180 g/mol. The second kappa shape index (κ2) is 4.79. The molecule has 4 nitrogen and oxygen atoms in total. The summed E-state index contributed by atoms with van der Waals surface area (Å²) in [5.74, 6) is 1.10.